The second-order valence-electron chi connectivity index (χ2n) is 9.25. The SMILES string of the molecule is COCC1Cn2cc(-c3cc(Nc4c(C)noc4C)ncc3Cl)cc2C(=O)N1Cc1cc(F)ccc1CO. The van der Waals surface area contributed by atoms with E-state index in [0.29, 0.717) is 57.8 Å². The maximum absolute atomic E-state index is 14.0. The number of aromatic nitrogens is 3. The van der Waals surface area contributed by atoms with Gasteiger partial charge in [-0.3, -0.25) is 4.79 Å². The Morgan fingerprint density at radius 3 is 2.79 bits per heavy atom. The highest BCUT2D eigenvalue weighted by molar-refractivity contribution is 6.33. The van der Waals surface area contributed by atoms with Crippen molar-refractivity contribution in [2.24, 2.45) is 0 Å². The van der Waals surface area contributed by atoms with Gasteiger partial charge < -0.3 is 29.2 Å². The van der Waals surface area contributed by atoms with Crippen molar-refractivity contribution >= 4 is 29.0 Å². The number of nitrogens with zero attached hydrogens (tertiary/aromatic N) is 4. The predicted molar refractivity (Wildman–Crippen MR) is 140 cm³/mol. The molecule has 4 aromatic rings. The van der Waals surface area contributed by atoms with E-state index in [4.69, 9.17) is 20.9 Å². The summed E-state index contributed by atoms with van der Waals surface area (Å²) in [6, 6.07) is 7.49. The Hall–Kier alpha value is -3.73. The van der Waals surface area contributed by atoms with Crippen LogP contribution >= 0.6 is 11.6 Å². The largest absolute Gasteiger partial charge is 0.392 e. The molecule has 4 heterocycles. The van der Waals surface area contributed by atoms with Gasteiger partial charge >= 0.3 is 0 Å². The van der Waals surface area contributed by atoms with E-state index < -0.39 is 5.82 Å². The van der Waals surface area contributed by atoms with E-state index in [9.17, 15) is 14.3 Å². The van der Waals surface area contributed by atoms with Crippen molar-refractivity contribution in [2.45, 2.75) is 39.6 Å². The average molecular weight is 540 g/mol. The number of carbonyl (C=O) groups is 1. The van der Waals surface area contributed by atoms with Gasteiger partial charge in [0.05, 0.1) is 24.3 Å². The lowest BCUT2D eigenvalue weighted by atomic mass is 10.0. The van der Waals surface area contributed by atoms with Gasteiger partial charge in [-0.1, -0.05) is 22.8 Å². The molecule has 0 spiro atoms. The number of nitrogens with one attached hydrogen (secondary N) is 1. The molecule has 1 unspecified atom stereocenters. The van der Waals surface area contributed by atoms with Crippen molar-refractivity contribution in [1.29, 1.82) is 0 Å². The minimum atomic E-state index is -0.427. The summed E-state index contributed by atoms with van der Waals surface area (Å²) in [6.07, 6.45) is 3.44. The first-order valence-corrected chi connectivity index (χ1v) is 12.4. The molecule has 0 bridgehead atoms. The fraction of sp³-hybridized carbons (Fsp3) is 0.296. The van der Waals surface area contributed by atoms with E-state index in [1.54, 1.807) is 24.3 Å². The second-order valence-corrected chi connectivity index (χ2v) is 9.66. The van der Waals surface area contributed by atoms with Gasteiger partial charge in [-0.25, -0.2) is 9.37 Å². The number of anilines is 2. The second kappa shape index (κ2) is 10.6. The van der Waals surface area contributed by atoms with Crippen LogP contribution in [0.15, 0.2) is 47.2 Å². The number of pyridine rings is 1. The molecule has 5 rings (SSSR count). The molecule has 1 aromatic carbocycles. The molecular weight excluding hydrogens is 513 g/mol. The van der Waals surface area contributed by atoms with E-state index in [-0.39, 0.29) is 25.1 Å². The van der Waals surface area contributed by atoms with Crippen molar-refractivity contribution in [2.75, 3.05) is 19.0 Å². The number of hydrogen-bond acceptors (Lipinski definition) is 7. The van der Waals surface area contributed by atoms with Gasteiger partial charge in [-0.15, -0.1) is 0 Å². The molecule has 1 atom stereocenters. The summed E-state index contributed by atoms with van der Waals surface area (Å²) in [5.74, 6) is 0.536. The number of aryl methyl sites for hydroxylation is 2. The van der Waals surface area contributed by atoms with E-state index >= 15 is 0 Å². The molecule has 1 amide bonds. The number of hydrogen-bond donors (Lipinski definition) is 2. The third-order valence-corrected chi connectivity index (χ3v) is 7.02. The van der Waals surface area contributed by atoms with Crippen LogP contribution in [0.3, 0.4) is 0 Å². The first-order valence-electron chi connectivity index (χ1n) is 12.0. The monoisotopic (exact) mass is 539 g/mol. The molecule has 0 radical (unpaired) electrons. The summed E-state index contributed by atoms with van der Waals surface area (Å²) in [4.78, 5) is 19.7. The zero-order valence-corrected chi connectivity index (χ0v) is 21.9. The van der Waals surface area contributed by atoms with Crippen LogP contribution in [0, 0.1) is 19.7 Å². The molecule has 11 heteroatoms. The molecule has 0 saturated carbocycles. The van der Waals surface area contributed by atoms with Gasteiger partial charge in [0.1, 0.15) is 28.7 Å². The third-order valence-electron chi connectivity index (χ3n) is 6.72. The number of rotatable bonds is 8. The van der Waals surface area contributed by atoms with Gasteiger partial charge in [0.2, 0.25) is 0 Å². The minimum absolute atomic E-state index is 0.141. The van der Waals surface area contributed by atoms with Gasteiger partial charge in [-0.05, 0) is 49.2 Å². The highest BCUT2D eigenvalue weighted by Gasteiger charge is 2.34. The first-order chi connectivity index (χ1) is 18.3. The summed E-state index contributed by atoms with van der Waals surface area (Å²) >= 11 is 6.53. The molecule has 38 heavy (non-hydrogen) atoms. The van der Waals surface area contributed by atoms with Crippen molar-refractivity contribution in [3.8, 4) is 11.1 Å². The van der Waals surface area contributed by atoms with Crippen LogP contribution in [0.5, 0.6) is 0 Å². The van der Waals surface area contributed by atoms with E-state index in [0.717, 1.165) is 11.3 Å². The number of aliphatic hydroxyl groups is 1. The molecule has 0 saturated heterocycles. The normalized spacial score (nSPS) is 15.2. The van der Waals surface area contributed by atoms with Crippen LogP contribution in [0.4, 0.5) is 15.9 Å². The highest BCUT2D eigenvalue weighted by Crippen LogP contribution is 2.34. The van der Waals surface area contributed by atoms with Gasteiger partial charge in [0, 0.05) is 43.7 Å². The maximum atomic E-state index is 14.0. The number of carbonyl (C=O) groups excluding carboxylic acids is 1. The topological polar surface area (TPSA) is 106 Å². The average Bonchev–Trinajstić information content (AvgIpc) is 3.46. The summed E-state index contributed by atoms with van der Waals surface area (Å²) in [5.41, 5.74) is 4.48. The lowest BCUT2D eigenvalue weighted by molar-refractivity contribution is 0.0386. The minimum Gasteiger partial charge on any atom is -0.392 e. The molecule has 0 fully saturated rings. The Morgan fingerprint density at radius 2 is 2.08 bits per heavy atom. The van der Waals surface area contributed by atoms with Crippen LogP contribution in [0.25, 0.3) is 11.1 Å². The van der Waals surface area contributed by atoms with Crippen LogP contribution in [-0.2, 0) is 24.4 Å². The molecule has 2 N–H and O–H groups in total. The number of amides is 1. The Morgan fingerprint density at radius 1 is 1.26 bits per heavy atom. The summed E-state index contributed by atoms with van der Waals surface area (Å²) in [5, 5.41) is 17.3. The Labute approximate surface area is 223 Å². The van der Waals surface area contributed by atoms with Crippen LogP contribution < -0.4 is 5.32 Å². The van der Waals surface area contributed by atoms with Crippen LogP contribution in [-0.4, -0.2) is 50.4 Å². The lowest BCUT2D eigenvalue weighted by Gasteiger charge is -2.36. The summed E-state index contributed by atoms with van der Waals surface area (Å²) in [6.45, 7) is 4.30. The molecule has 3 aromatic heterocycles. The van der Waals surface area contributed by atoms with Crippen molar-refractivity contribution in [3.63, 3.8) is 0 Å². The Kier molecular flexibility index (Phi) is 7.20. The predicted octanol–water partition coefficient (Wildman–Crippen LogP) is 4.85. The molecule has 1 aliphatic rings. The maximum Gasteiger partial charge on any atom is 0.271 e. The molecule has 198 valence electrons. The van der Waals surface area contributed by atoms with E-state index in [1.807, 2.05) is 30.7 Å². The van der Waals surface area contributed by atoms with Crippen LogP contribution in [0.1, 0.15) is 33.1 Å². The van der Waals surface area contributed by atoms with E-state index in [2.05, 4.69) is 15.5 Å². The number of methoxy groups -OCH3 is 1. The zero-order valence-electron chi connectivity index (χ0n) is 21.2. The van der Waals surface area contributed by atoms with Crippen molar-refractivity contribution < 1.29 is 23.6 Å². The standard InChI is InChI=1S/C27H27ClFN5O4/c1-15-26(16(2)38-32-15)31-25-8-22(23(28)9-30-25)19-7-24-27(36)34(21(14-37-3)12-33(24)10-19)11-18-6-20(29)5-4-17(18)13-35/h4-10,21,35H,11-14H2,1-3H3,(H,30,31). The lowest BCUT2D eigenvalue weighted by Crippen LogP contribution is -2.49. The fourth-order valence-corrected chi connectivity index (χ4v) is 4.97. The van der Waals surface area contributed by atoms with Crippen molar-refractivity contribution in [1.82, 2.24) is 19.6 Å². The molecule has 9 nitrogen and oxygen atoms in total. The molecule has 1 aliphatic heterocycles. The van der Waals surface area contributed by atoms with Gasteiger partial charge in [0.15, 0.2) is 5.76 Å². The van der Waals surface area contributed by atoms with Crippen molar-refractivity contribution in [3.05, 3.63) is 81.8 Å². The van der Waals surface area contributed by atoms with Crippen LogP contribution in [0.2, 0.25) is 5.02 Å². The van der Waals surface area contributed by atoms with E-state index in [1.165, 1.54) is 18.2 Å². The highest BCUT2D eigenvalue weighted by atomic mass is 35.5. The molecular formula is C27H27ClFN5O4. The zero-order chi connectivity index (χ0) is 27.0. The van der Waals surface area contributed by atoms with Gasteiger partial charge in [0.25, 0.3) is 5.91 Å². The summed E-state index contributed by atoms with van der Waals surface area (Å²) < 4.78 is 26.5. The number of aliphatic hydroxyl groups excluding tert-OH is 1. The number of halogens is 2. The Bertz CT molecular complexity index is 1480. The quantitative estimate of drug-likeness (QED) is 0.329. The summed E-state index contributed by atoms with van der Waals surface area (Å²) in [7, 11) is 1.57. The van der Waals surface area contributed by atoms with Gasteiger partial charge in [-0.2, -0.15) is 0 Å². The number of fused-ring (bicyclic) bond motifs is 1. The smallest absolute Gasteiger partial charge is 0.271 e. The first kappa shape index (κ1) is 25.9. The molecule has 0 aliphatic carbocycles. The number of benzene rings is 1. The fourth-order valence-electron chi connectivity index (χ4n) is 4.76. The third kappa shape index (κ3) is 4.90. The Balaban J connectivity index is 1.48. The number of ether oxygens (including phenoxy) is 1.